The molecule has 3 heterocycles. The second-order valence-electron chi connectivity index (χ2n) is 5.61. The smallest absolute Gasteiger partial charge is 0.245 e. The first-order chi connectivity index (χ1) is 12.5. The summed E-state index contributed by atoms with van der Waals surface area (Å²) < 4.78 is 15.1. The Balaban J connectivity index is 1.46. The predicted octanol–water partition coefficient (Wildman–Crippen LogP) is 1.66. The van der Waals surface area contributed by atoms with Crippen molar-refractivity contribution in [3.05, 3.63) is 36.1 Å². The van der Waals surface area contributed by atoms with Gasteiger partial charge in [-0.3, -0.25) is 9.59 Å². The third-order valence-electron chi connectivity index (χ3n) is 3.46. The fourth-order valence-corrected chi connectivity index (χ4v) is 2.18. The molecule has 0 fully saturated rings. The number of likely N-dealkylation sites (N-methyl/N-ethyl adjacent to an activating group) is 1. The lowest BCUT2D eigenvalue weighted by Gasteiger charge is -2.15. The van der Waals surface area contributed by atoms with Crippen LogP contribution in [0.2, 0.25) is 0 Å². The summed E-state index contributed by atoms with van der Waals surface area (Å²) in [7, 11) is 1.54. The summed E-state index contributed by atoms with van der Waals surface area (Å²) in [6.07, 6.45) is 1.91. The van der Waals surface area contributed by atoms with E-state index in [0.717, 1.165) is 0 Å². The Labute approximate surface area is 148 Å². The summed E-state index contributed by atoms with van der Waals surface area (Å²) in [6.45, 7) is 1.61. The zero-order valence-corrected chi connectivity index (χ0v) is 14.3. The standard InChI is InChI=1S/C16H17N5O5/c1-10-8-12(19-25-10)17-13(22)9-21(2)15(23)6-5-14-18-16(20-26-14)11-4-3-7-24-11/h3-4,7-8H,5-6,9H2,1-2H3,(H,17,19,22). The molecule has 0 spiro atoms. The van der Waals surface area contributed by atoms with Gasteiger partial charge in [0.05, 0.1) is 12.8 Å². The van der Waals surface area contributed by atoms with Gasteiger partial charge in [-0.25, -0.2) is 0 Å². The van der Waals surface area contributed by atoms with Crippen molar-refractivity contribution in [3.63, 3.8) is 0 Å². The van der Waals surface area contributed by atoms with Crippen LogP contribution in [-0.2, 0) is 16.0 Å². The molecule has 3 aromatic heterocycles. The molecule has 3 aromatic rings. The first kappa shape index (κ1) is 17.4. The number of amides is 2. The van der Waals surface area contributed by atoms with Crippen molar-refractivity contribution in [3.8, 4) is 11.6 Å². The Hall–Kier alpha value is -3.43. The molecule has 0 atom stereocenters. The van der Waals surface area contributed by atoms with Crippen molar-refractivity contribution in [2.75, 3.05) is 18.9 Å². The maximum atomic E-state index is 12.1. The van der Waals surface area contributed by atoms with Crippen LogP contribution in [0, 0.1) is 6.92 Å². The van der Waals surface area contributed by atoms with Crippen LogP contribution in [0.4, 0.5) is 5.82 Å². The molecule has 0 unspecified atom stereocenters. The SMILES string of the molecule is Cc1cc(NC(=O)CN(C)C(=O)CCc2nc(-c3ccco3)no2)no1. The molecule has 0 aliphatic rings. The first-order valence-electron chi connectivity index (χ1n) is 7.85. The maximum absolute atomic E-state index is 12.1. The van der Waals surface area contributed by atoms with E-state index >= 15 is 0 Å². The van der Waals surface area contributed by atoms with Crippen molar-refractivity contribution < 1.29 is 23.1 Å². The van der Waals surface area contributed by atoms with Crippen LogP contribution in [0.25, 0.3) is 11.6 Å². The van der Waals surface area contributed by atoms with E-state index in [0.29, 0.717) is 29.1 Å². The number of hydrogen-bond donors (Lipinski definition) is 1. The molecule has 3 rings (SSSR count). The third-order valence-corrected chi connectivity index (χ3v) is 3.46. The second kappa shape index (κ2) is 7.64. The Morgan fingerprint density at radius 2 is 2.12 bits per heavy atom. The number of aryl methyl sites for hydroxylation is 2. The van der Waals surface area contributed by atoms with E-state index in [1.54, 1.807) is 25.1 Å². The van der Waals surface area contributed by atoms with Crippen molar-refractivity contribution >= 4 is 17.6 Å². The van der Waals surface area contributed by atoms with Crippen LogP contribution in [0.15, 0.2) is 37.9 Å². The van der Waals surface area contributed by atoms with Crippen molar-refractivity contribution in [2.24, 2.45) is 0 Å². The van der Waals surface area contributed by atoms with Crippen LogP contribution >= 0.6 is 0 Å². The summed E-state index contributed by atoms with van der Waals surface area (Å²) in [5.74, 6) is 1.43. The predicted molar refractivity (Wildman–Crippen MR) is 87.8 cm³/mol. The molecule has 0 radical (unpaired) electrons. The molecular formula is C16H17N5O5. The molecule has 0 saturated heterocycles. The first-order valence-corrected chi connectivity index (χ1v) is 7.85. The maximum Gasteiger partial charge on any atom is 0.245 e. The highest BCUT2D eigenvalue weighted by Crippen LogP contribution is 2.16. The van der Waals surface area contributed by atoms with E-state index in [-0.39, 0.29) is 31.2 Å². The van der Waals surface area contributed by atoms with E-state index in [1.165, 1.54) is 18.2 Å². The molecule has 0 aromatic carbocycles. The van der Waals surface area contributed by atoms with Crippen molar-refractivity contribution in [1.82, 2.24) is 20.2 Å². The van der Waals surface area contributed by atoms with Gasteiger partial charge in [0, 0.05) is 26.0 Å². The number of rotatable bonds is 7. The van der Waals surface area contributed by atoms with E-state index in [4.69, 9.17) is 13.5 Å². The summed E-state index contributed by atoms with van der Waals surface area (Å²) in [5, 5.41) is 10.0. The van der Waals surface area contributed by atoms with Crippen LogP contribution in [0.3, 0.4) is 0 Å². The lowest BCUT2D eigenvalue weighted by molar-refractivity contribution is -0.133. The van der Waals surface area contributed by atoms with Crippen molar-refractivity contribution in [1.29, 1.82) is 0 Å². The van der Waals surface area contributed by atoms with Crippen LogP contribution < -0.4 is 5.32 Å². The molecule has 1 N–H and O–H groups in total. The number of nitrogens with zero attached hydrogens (tertiary/aromatic N) is 4. The van der Waals surface area contributed by atoms with Crippen molar-refractivity contribution in [2.45, 2.75) is 19.8 Å². The Bertz CT molecular complexity index is 883. The largest absolute Gasteiger partial charge is 0.461 e. The summed E-state index contributed by atoms with van der Waals surface area (Å²) in [4.78, 5) is 29.5. The topological polar surface area (TPSA) is 128 Å². The number of carbonyl (C=O) groups excluding carboxylic acids is 2. The van der Waals surface area contributed by atoms with Gasteiger partial charge >= 0.3 is 0 Å². The molecule has 26 heavy (non-hydrogen) atoms. The number of anilines is 1. The quantitative estimate of drug-likeness (QED) is 0.674. The number of nitrogens with one attached hydrogen (secondary N) is 1. The molecule has 0 saturated carbocycles. The molecule has 10 heteroatoms. The molecule has 0 aliphatic heterocycles. The van der Waals surface area contributed by atoms with E-state index < -0.39 is 0 Å². The number of carbonyl (C=O) groups is 2. The monoisotopic (exact) mass is 359 g/mol. The van der Waals surface area contributed by atoms with E-state index in [2.05, 4.69) is 20.6 Å². The summed E-state index contributed by atoms with van der Waals surface area (Å²) >= 11 is 0. The highest BCUT2D eigenvalue weighted by molar-refractivity contribution is 5.93. The van der Waals surface area contributed by atoms with Gasteiger partial charge in [-0.2, -0.15) is 4.98 Å². The normalized spacial score (nSPS) is 10.7. The highest BCUT2D eigenvalue weighted by Gasteiger charge is 2.17. The molecule has 2 amide bonds. The molecule has 136 valence electrons. The average molecular weight is 359 g/mol. The molecule has 0 aliphatic carbocycles. The van der Waals surface area contributed by atoms with Gasteiger partial charge < -0.3 is 23.7 Å². The van der Waals surface area contributed by atoms with Gasteiger partial charge in [0.15, 0.2) is 11.6 Å². The zero-order valence-electron chi connectivity index (χ0n) is 14.3. The van der Waals surface area contributed by atoms with Gasteiger partial charge in [0.2, 0.25) is 23.5 Å². The molecule has 10 nitrogen and oxygen atoms in total. The lowest BCUT2D eigenvalue weighted by Crippen LogP contribution is -2.35. The van der Waals surface area contributed by atoms with Crippen LogP contribution in [0.5, 0.6) is 0 Å². The lowest BCUT2D eigenvalue weighted by atomic mass is 10.2. The third kappa shape index (κ3) is 4.35. The van der Waals surface area contributed by atoms with E-state index in [9.17, 15) is 9.59 Å². The minimum absolute atomic E-state index is 0.105. The molecular weight excluding hydrogens is 342 g/mol. The Morgan fingerprint density at radius 3 is 2.81 bits per heavy atom. The Kier molecular flexibility index (Phi) is 5.11. The number of aromatic nitrogens is 3. The zero-order chi connectivity index (χ0) is 18.5. The fourth-order valence-electron chi connectivity index (χ4n) is 2.18. The van der Waals surface area contributed by atoms with Gasteiger partial charge in [-0.05, 0) is 19.1 Å². The van der Waals surface area contributed by atoms with Crippen LogP contribution in [-0.4, -0.2) is 45.6 Å². The van der Waals surface area contributed by atoms with Gasteiger partial charge in [0.25, 0.3) is 0 Å². The summed E-state index contributed by atoms with van der Waals surface area (Å²) in [6, 6.07) is 5.02. The minimum Gasteiger partial charge on any atom is -0.461 e. The fraction of sp³-hybridized carbons (Fsp3) is 0.312. The average Bonchev–Trinajstić information content (AvgIpc) is 3.34. The van der Waals surface area contributed by atoms with Crippen LogP contribution in [0.1, 0.15) is 18.1 Å². The molecule has 0 bridgehead atoms. The van der Waals surface area contributed by atoms with Gasteiger partial charge in [-0.1, -0.05) is 10.3 Å². The second-order valence-corrected chi connectivity index (χ2v) is 5.61. The Morgan fingerprint density at radius 1 is 1.27 bits per heavy atom. The van der Waals surface area contributed by atoms with Gasteiger partial charge in [0.1, 0.15) is 5.76 Å². The number of furan rings is 1. The number of hydrogen-bond acceptors (Lipinski definition) is 8. The minimum atomic E-state index is -0.368. The highest BCUT2D eigenvalue weighted by atomic mass is 16.5. The summed E-state index contributed by atoms with van der Waals surface area (Å²) in [5.41, 5.74) is 0. The van der Waals surface area contributed by atoms with Gasteiger partial charge in [-0.15, -0.1) is 0 Å². The van der Waals surface area contributed by atoms with E-state index in [1.807, 2.05) is 0 Å².